The van der Waals surface area contributed by atoms with Gasteiger partial charge in [0.25, 0.3) is 5.91 Å². The summed E-state index contributed by atoms with van der Waals surface area (Å²) in [4.78, 5) is 15.9. The smallest absolute Gasteiger partial charge is 0.276 e. The highest BCUT2D eigenvalue weighted by Gasteiger charge is 2.11. The summed E-state index contributed by atoms with van der Waals surface area (Å²) in [7, 11) is 0. The fraction of sp³-hybridized carbons (Fsp3) is 0.300. The number of carbonyl (C=O) groups is 1. The molecule has 0 aliphatic heterocycles. The van der Waals surface area contributed by atoms with Gasteiger partial charge in [-0.1, -0.05) is 6.92 Å². The minimum Gasteiger partial charge on any atom is -0.325 e. The molecule has 0 aromatic carbocycles. The summed E-state index contributed by atoms with van der Waals surface area (Å²) in [5.74, 6) is 0.240. The summed E-state index contributed by atoms with van der Waals surface area (Å²) in [5, 5.41) is 11.9. The number of carbonyl (C=O) groups excluding carboxylic acids is 1. The number of amides is 1. The minimum atomic E-state index is -0.268. The SMILES string of the molecule is CCc1cc(NC(=O)c2csc(CN)n2)n[nH]1. The van der Waals surface area contributed by atoms with Crippen LogP contribution >= 0.6 is 11.3 Å². The second-order valence-electron chi connectivity index (χ2n) is 3.42. The molecule has 6 nitrogen and oxygen atoms in total. The molecule has 17 heavy (non-hydrogen) atoms. The number of aromatic amines is 1. The van der Waals surface area contributed by atoms with Crippen LogP contribution in [0.5, 0.6) is 0 Å². The van der Waals surface area contributed by atoms with Gasteiger partial charge >= 0.3 is 0 Å². The molecule has 0 fully saturated rings. The van der Waals surface area contributed by atoms with Crippen molar-refractivity contribution in [2.24, 2.45) is 5.73 Å². The molecule has 0 spiro atoms. The number of aromatic nitrogens is 3. The summed E-state index contributed by atoms with van der Waals surface area (Å²) in [5.41, 5.74) is 6.78. The lowest BCUT2D eigenvalue weighted by atomic mass is 10.3. The maximum Gasteiger partial charge on any atom is 0.276 e. The van der Waals surface area contributed by atoms with E-state index >= 15 is 0 Å². The van der Waals surface area contributed by atoms with E-state index in [9.17, 15) is 4.79 Å². The molecule has 7 heteroatoms. The van der Waals surface area contributed by atoms with Crippen molar-refractivity contribution in [3.63, 3.8) is 0 Å². The quantitative estimate of drug-likeness (QED) is 0.759. The average molecular weight is 251 g/mol. The van der Waals surface area contributed by atoms with Gasteiger partial charge in [0, 0.05) is 23.7 Å². The number of aryl methyl sites for hydroxylation is 1. The third-order valence-corrected chi connectivity index (χ3v) is 3.08. The van der Waals surface area contributed by atoms with Gasteiger partial charge in [-0.2, -0.15) is 5.10 Å². The first-order valence-electron chi connectivity index (χ1n) is 5.23. The van der Waals surface area contributed by atoms with Crippen molar-refractivity contribution in [2.75, 3.05) is 5.32 Å². The number of nitrogens with two attached hydrogens (primary N) is 1. The molecule has 0 unspecified atom stereocenters. The molecule has 0 atom stereocenters. The fourth-order valence-electron chi connectivity index (χ4n) is 1.30. The van der Waals surface area contributed by atoms with Crippen LogP contribution in [0.4, 0.5) is 5.82 Å². The molecule has 1 amide bonds. The van der Waals surface area contributed by atoms with E-state index in [-0.39, 0.29) is 5.91 Å². The number of hydrogen-bond acceptors (Lipinski definition) is 5. The molecule has 0 bridgehead atoms. The molecule has 2 aromatic heterocycles. The van der Waals surface area contributed by atoms with Crippen molar-refractivity contribution in [2.45, 2.75) is 19.9 Å². The topological polar surface area (TPSA) is 96.7 Å². The first-order valence-corrected chi connectivity index (χ1v) is 6.11. The predicted molar refractivity (Wildman–Crippen MR) is 65.9 cm³/mol. The van der Waals surface area contributed by atoms with E-state index in [2.05, 4.69) is 20.5 Å². The van der Waals surface area contributed by atoms with Crippen LogP contribution in [0.2, 0.25) is 0 Å². The van der Waals surface area contributed by atoms with Crippen molar-refractivity contribution >= 4 is 23.1 Å². The number of nitrogens with one attached hydrogen (secondary N) is 2. The molecule has 0 aliphatic carbocycles. The number of thiazole rings is 1. The van der Waals surface area contributed by atoms with E-state index in [1.54, 1.807) is 11.4 Å². The number of hydrogen-bond donors (Lipinski definition) is 3. The maximum absolute atomic E-state index is 11.8. The van der Waals surface area contributed by atoms with Crippen LogP contribution < -0.4 is 11.1 Å². The Labute approximate surface area is 102 Å². The predicted octanol–water partition coefficient (Wildman–Crippen LogP) is 1.14. The van der Waals surface area contributed by atoms with Gasteiger partial charge < -0.3 is 11.1 Å². The van der Waals surface area contributed by atoms with E-state index in [0.717, 1.165) is 17.1 Å². The van der Waals surface area contributed by atoms with E-state index in [0.29, 0.717) is 18.1 Å². The average Bonchev–Trinajstić information content (AvgIpc) is 2.96. The number of nitrogens with zero attached hydrogens (tertiary/aromatic N) is 2. The zero-order valence-electron chi connectivity index (χ0n) is 9.36. The van der Waals surface area contributed by atoms with Gasteiger partial charge in [-0.05, 0) is 6.42 Å². The third kappa shape index (κ3) is 2.69. The van der Waals surface area contributed by atoms with Crippen molar-refractivity contribution in [1.82, 2.24) is 15.2 Å². The molecule has 2 aromatic rings. The van der Waals surface area contributed by atoms with Gasteiger partial charge in [0.1, 0.15) is 10.7 Å². The van der Waals surface area contributed by atoms with Crippen LogP contribution in [0.15, 0.2) is 11.4 Å². The van der Waals surface area contributed by atoms with Crippen LogP contribution in [0.1, 0.15) is 28.1 Å². The zero-order chi connectivity index (χ0) is 12.3. The summed E-state index contributed by atoms with van der Waals surface area (Å²) in [6.45, 7) is 2.35. The number of rotatable bonds is 4. The molecule has 4 N–H and O–H groups in total. The van der Waals surface area contributed by atoms with E-state index in [1.807, 2.05) is 6.92 Å². The van der Waals surface area contributed by atoms with Crippen molar-refractivity contribution < 1.29 is 4.79 Å². The summed E-state index contributed by atoms with van der Waals surface area (Å²) < 4.78 is 0. The molecule has 2 rings (SSSR count). The van der Waals surface area contributed by atoms with Gasteiger partial charge in [0.2, 0.25) is 0 Å². The van der Waals surface area contributed by atoms with Crippen molar-refractivity contribution in [3.05, 3.63) is 27.8 Å². The largest absolute Gasteiger partial charge is 0.325 e. The minimum absolute atomic E-state index is 0.268. The van der Waals surface area contributed by atoms with Gasteiger partial charge in [-0.25, -0.2) is 4.98 Å². The van der Waals surface area contributed by atoms with Crippen LogP contribution in [-0.4, -0.2) is 21.1 Å². The lowest BCUT2D eigenvalue weighted by Gasteiger charge is -1.96. The second-order valence-corrected chi connectivity index (χ2v) is 4.36. The van der Waals surface area contributed by atoms with Gasteiger partial charge in [0.05, 0.1) is 0 Å². The maximum atomic E-state index is 11.8. The van der Waals surface area contributed by atoms with Crippen LogP contribution in [0, 0.1) is 0 Å². The normalized spacial score (nSPS) is 10.5. The van der Waals surface area contributed by atoms with Gasteiger partial charge in [-0.3, -0.25) is 9.89 Å². The Bertz CT molecular complexity index is 518. The highest BCUT2D eigenvalue weighted by molar-refractivity contribution is 7.09. The monoisotopic (exact) mass is 251 g/mol. The fourth-order valence-corrected chi connectivity index (χ4v) is 1.95. The highest BCUT2D eigenvalue weighted by atomic mass is 32.1. The summed E-state index contributed by atoms with van der Waals surface area (Å²) >= 11 is 1.37. The molecule has 0 aliphatic rings. The molecule has 0 saturated carbocycles. The standard InChI is InChI=1S/C10H13N5OS/c1-2-6-3-8(15-14-6)13-10(16)7-5-17-9(4-11)12-7/h3,5H,2,4,11H2,1H3,(H2,13,14,15,16). The summed E-state index contributed by atoms with van der Waals surface area (Å²) in [6.07, 6.45) is 0.844. The highest BCUT2D eigenvalue weighted by Crippen LogP contribution is 2.11. The summed E-state index contributed by atoms with van der Waals surface area (Å²) in [6, 6.07) is 1.80. The van der Waals surface area contributed by atoms with Crippen molar-refractivity contribution in [1.29, 1.82) is 0 Å². The lowest BCUT2D eigenvalue weighted by Crippen LogP contribution is -2.13. The third-order valence-electron chi connectivity index (χ3n) is 2.21. The van der Waals surface area contributed by atoms with Crippen LogP contribution in [0.25, 0.3) is 0 Å². The zero-order valence-corrected chi connectivity index (χ0v) is 10.2. The Morgan fingerprint density at radius 3 is 3.06 bits per heavy atom. The molecule has 0 radical (unpaired) electrons. The molecule has 90 valence electrons. The Hall–Kier alpha value is -1.73. The van der Waals surface area contributed by atoms with E-state index in [1.165, 1.54) is 11.3 Å². The Kier molecular flexibility index (Phi) is 3.50. The molecule has 2 heterocycles. The Morgan fingerprint density at radius 2 is 2.47 bits per heavy atom. The first-order chi connectivity index (χ1) is 8.22. The van der Waals surface area contributed by atoms with E-state index < -0.39 is 0 Å². The number of H-pyrrole nitrogens is 1. The Balaban J connectivity index is 2.05. The molecule has 0 saturated heterocycles. The van der Waals surface area contributed by atoms with Gasteiger partial charge in [-0.15, -0.1) is 11.3 Å². The lowest BCUT2D eigenvalue weighted by molar-refractivity contribution is 0.102. The number of anilines is 1. The van der Waals surface area contributed by atoms with E-state index in [4.69, 9.17) is 5.73 Å². The Morgan fingerprint density at radius 1 is 1.65 bits per heavy atom. The van der Waals surface area contributed by atoms with Gasteiger partial charge in [0.15, 0.2) is 5.82 Å². The molecular weight excluding hydrogens is 238 g/mol. The molecular formula is C10H13N5OS. The van der Waals surface area contributed by atoms with Crippen molar-refractivity contribution in [3.8, 4) is 0 Å². The van der Waals surface area contributed by atoms with Crippen LogP contribution in [-0.2, 0) is 13.0 Å². The van der Waals surface area contributed by atoms with Crippen LogP contribution in [0.3, 0.4) is 0 Å². The second kappa shape index (κ2) is 5.07. The first kappa shape index (κ1) is 11.7.